The monoisotopic (exact) mass is 350 g/mol. The Kier molecular flexibility index (Phi) is 10.5. The zero-order valence-electron chi connectivity index (χ0n) is 13.7. The molecule has 0 fully saturated rings. The van der Waals surface area contributed by atoms with Gasteiger partial charge in [-0.15, -0.1) is 0 Å². The van der Waals surface area contributed by atoms with Crippen molar-refractivity contribution in [2.45, 2.75) is 39.5 Å². The number of carbonyl (C=O) groups is 2. The first kappa shape index (κ1) is 21.3. The van der Waals surface area contributed by atoms with Gasteiger partial charge in [-0.3, -0.25) is 0 Å². The SMILES string of the molecule is CCOC(=O)N(CCCCCCN(C(=O)OCC)[N+](=O)[O-])[N+](=O)[O-]. The second-order valence-corrected chi connectivity index (χ2v) is 4.53. The molecule has 0 heterocycles. The van der Waals surface area contributed by atoms with E-state index in [0.29, 0.717) is 35.7 Å². The minimum atomic E-state index is -1.02. The van der Waals surface area contributed by atoms with Crippen LogP contribution in [0.3, 0.4) is 0 Å². The number of ether oxygens (including phenoxy) is 2. The highest BCUT2D eigenvalue weighted by molar-refractivity contribution is 5.66. The third-order valence-electron chi connectivity index (χ3n) is 2.84. The largest absolute Gasteiger partial charge is 0.468 e. The van der Waals surface area contributed by atoms with Crippen LogP contribution in [0.2, 0.25) is 0 Å². The zero-order valence-corrected chi connectivity index (χ0v) is 13.7. The third-order valence-corrected chi connectivity index (χ3v) is 2.84. The highest BCUT2D eigenvalue weighted by atomic mass is 16.7. The van der Waals surface area contributed by atoms with E-state index in [9.17, 15) is 29.8 Å². The molecule has 24 heavy (non-hydrogen) atoms. The Morgan fingerprint density at radius 3 is 1.38 bits per heavy atom. The minimum absolute atomic E-state index is 0.0355. The van der Waals surface area contributed by atoms with Crippen LogP contribution in [0.25, 0.3) is 0 Å². The van der Waals surface area contributed by atoms with Crippen molar-refractivity contribution in [1.82, 2.24) is 10.0 Å². The smallest absolute Gasteiger partial charge is 0.446 e. The van der Waals surface area contributed by atoms with Gasteiger partial charge in [0, 0.05) is 0 Å². The molecule has 0 aromatic rings. The normalized spacial score (nSPS) is 9.92. The van der Waals surface area contributed by atoms with Crippen molar-refractivity contribution in [3.8, 4) is 0 Å². The van der Waals surface area contributed by atoms with E-state index in [1.807, 2.05) is 0 Å². The molecule has 0 aliphatic carbocycles. The standard InChI is InChI=1S/C12H22N4O8/c1-3-23-11(17)13(15(19)20)9-7-5-6-8-10-14(16(21)22)12(18)24-4-2/h3-10H2,1-2H3. The zero-order chi connectivity index (χ0) is 18.5. The van der Waals surface area contributed by atoms with Crippen molar-refractivity contribution in [1.29, 1.82) is 0 Å². The molecular formula is C12H22N4O8. The van der Waals surface area contributed by atoms with Crippen LogP contribution in [0.4, 0.5) is 9.59 Å². The van der Waals surface area contributed by atoms with Crippen LogP contribution in [-0.2, 0) is 9.47 Å². The van der Waals surface area contributed by atoms with Crippen LogP contribution < -0.4 is 0 Å². The Bertz CT molecular complexity index is 405. The molecule has 12 heteroatoms. The fourth-order valence-corrected chi connectivity index (χ4v) is 1.75. The summed E-state index contributed by atoms with van der Waals surface area (Å²) in [4.78, 5) is 44.1. The van der Waals surface area contributed by atoms with Gasteiger partial charge in [-0.25, -0.2) is 29.8 Å². The second kappa shape index (κ2) is 11.8. The maximum atomic E-state index is 11.3. The number of hydrazine groups is 2. The summed E-state index contributed by atoms with van der Waals surface area (Å²) in [6.45, 7) is 2.91. The number of nitro groups is 2. The summed E-state index contributed by atoms with van der Waals surface area (Å²) in [7, 11) is 0. The van der Waals surface area contributed by atoms with Crippen molar-refractivity contribution >= 4 is 12.2 Å². The predicted octanol–water partition coefficient (Wildman–Crippen LogP) is 1.85. The van der Waals surface area contributed by atoms with Gasteiger partial charge in [-0.05, 0) is 36.7 Å². The topological polar surface area (TPSA) is 145 Å². The van der Waals surface area contributed by atoms with Crippen molar-refractivity contribution in [3.05, 3.63) is 20.2 Å². The van der Waals surface area contributed by atoms with Gasteiger partial charge >= 0.3 is 12.2 Å². The first-order chi connectivity index (χ1) is 11.3. The molecule has 0 spiro atoms. The van der Waals surface area contributed by atoms with Crippen LogP contribution in [0.5, 0.6) is 0 Å². The van der Waals surface area contributed by atoms with E-state index in [4.69, 9.17) is 0 Å². The summed E-state index contributed by atoms with van der Waals surface area (Å²) in [5.41, 5.74) is 0. The molecule has 0 saturated carbocycles. The average molecular weight is 350 g/mol. The first-order valence-electron chi connectivity index (χ1n) is 7.52. The molecule has 12 nitrogen and oxygen atoms in total. The van der Waals surface area contributed by atoms with Gasteiger partial charge in [0.2, 0.25) is 0 Å². The van der Waals surface area contributed by atoms with Gasteiger partial charge in [0.05, 0.1) is 26.3 Å². The van der Waals surface area contributed by atoms with Crippen LogP contribution in [0.1, 0.15) is 39.5 Å². The maximum Gasteiger partial charge on any atom is 0.468 e. The summed E-state index contributed by atoms with van der Waals surface area (Å²) >= 11 is 0. The molecule has 0 unspecified atom stereocenters. The third kappa shape index (κ3) is 8.10. The molecule has 0 rings (SSSR count). The first-order valence-corrected chi connectivity index (χ1v) is 7.52. The van der Waals surface area contributed by atoms with Crippen LogP contribution >= 0.6 is 0 Å². The lowest BCUT2D eigenvalue weighted by atomic mass is 10.2. The molecule has 0 atom stereocenters. The maximum absolute atomic E-state index is 11.3. The van der Waals surface area contributed by atoms with Crippen LogP contribution in [0, 0.1) is 20.2 Å². The highest BCUT2D eigenvalue weighted by Gasteiger charge is 2.26. The van der Waals surface area contributed by atoms with E-state index in [2.05, 4.69) is 9.47 Å². The Labute approximate surface area is 138 Å². The van der Waals surface area contributed by atoms with Crippen molar-refractivity contribution < 1.29 is 29.1 Å². The molecule has 0 N–H and O–H groups in total. The van der Waals surface area contributed by atoms with Crippen molar-refractivity contribution in [2.75, 3.05) is 26.3 Å². The Hall–Kier alpha value is -2.66. The molecule has 2 amide bonds. The lowest BCUT2D eigenvalue weighted by Gasteiger charge is -2.12. The van der Waals surface area contributed by atoms with Gasteiger partial charge in [0.1, 0.15) is 0 Å². The lowest BCUT2D eigenvalue weighted by molar-refractivity contribution is -0.635. The van der Waals surface area contributed by atoms with E-state index >= 15 is 0 Å². The van der Waals surface area contributed by atoms with E-state index in [-0.39, 0.29) is 26.3 Å². The second-order valence-electron chi connectivity index (χ2n) is 4.53. The summed E-state index contributed by atoms with van der Waals surface area (Å²) < 4.78 is 9.13. The van der Waals surface area contributed by atoms with E-state index in [0.717, 1.165) is 0 Å². The molecule has 0 aliphatic rings. The number of nitrogens with zero attached hydrogens (tertiary/aromatic N) is 4. The molecular weight excluding hydrogens is 328 g/mol. The fourth-order valence-electron chi connectivity index (χ4n) is 1.75. The van der Waals surface area contributed by atoms with Gasteiger partial charge in [-0.2, -0.15) is 0 Å². The molecule has 0 aliphatic heterocycles. The summed E-state index contributed by atoms with van der Waals surface area (Å²) in [5.74, 6) is 0. The van der Waals surface area contributed by atoms with Crippen LogP contribution in [0.15, 0.2) is 0 Å². The van der Waals surface area contributed by atoms with Gasteiger partial charge in [0.15, 0.2) is 10.1 Å². The molecule has 0 radical (unpaired) electrons. The quantitative estimate of drug-likeness (QED) is 0.312. The number of hydrogen-bond acceptors (Lipinski definition) is 8. The van der Waals surface area contributed by atoms with E-state index in [1.54, 1.807) is 13.8 Å². The molecule has 0 aromatic carbocycles. The lowest BCUT2D eigenvalue weighted by Crippen LogP contribution is -2.38. The number of hydrogen-bond donors (Lipinski definition) is 0. The van der Waals surface area contributed by atoms with E-state index in [1.165, 1.54) is 0 Å². The predicted molar refractivity (Wildman–Crippen MR) is 79.9 cm³/mol. The molecule has 0 bridgehead atoms. The number of carbonyl (C=O) groups excluding carboxylic acids is 2. The van der Waals surface area contributed by atoms with Gasteiger partial charge in [0.25, 0.3) is 0 Å². The summed E-state index contributed by atoms with van der Waals surface area (Å²) in [5, 5.41) is 20.5. The van der Waals surface area contributed by atoms with Crippen molar-refractivity contribution in [2.24, 2.45) is 0 Å². The summed E-state index contributed by atoms with van der Waals surface area (Å²) in [6, 6.07) is 0. The summed E-state index contributed by atoms with van der Waals surface area (Å²) in [6.07, 6.45) is -0.389. The average Bonchev–Trinajstić information content (AvgIpc) is 2.49. The molecule has 0 saturated heterocycles. The minimum Gasteiger partial charge on any atom is -0.446 e. The highest BCUT2D eigenvalue weighted by Crippen LogP contribution is 2.06. The Morgan fingerprint density at radius 1 is 0.792 bits per heavy atom. The Morgan fingerprint density at radius 2 is 1.12 bits per heavy atom. The number of amides is 2. The van der Waals surface area contributed by atoms with Gasteiger partial charge in [-0.1, -0.05) is 12.8 Å². The number of unbranched alkanes of at least 4 members (excludes halogenated alkanes) is 3. The van der Waals surface area contributed by atoms with Crippen LogP contribution in [-0.4, -0.2) is 58.6 Å². The molecule has 0 aromatic heterocycles. The van der Waals surface area contributed by atoms with Crippen molar-refractivity contribution in [3.63, 3.8) is 0 Å². The van der Waals surface area contributed by atoms with Gasteiger partial charge < -0.3 is 9.47 Å². The number of rotatable bonds is 11. The fraction of sp³-hybridized carbons (Fsp3) is 0.833. The Balaban J connectivity index is 4.10. The van der Waals surface area contributed by atoms with E-state index < -0.39 is 22.3 Å². The molecule has 138 valence electrons.